The van der Waals surface area contributed by atoms with E-state index in [4.69, 9.17) is 0 Å². The molecule has 0 aliphatic carbocycles. The highest BCUT2D eigenvalue weighted by molar-refractivity contribution is 5.75. The summed E-state index contributed by atoms with van der Waals surface area (Å²) < 4.78 is 4.59. The molecule has 0 fully saturated rings. The summed E-state index contributed by atoms with van der Waals surface area (Å²) in [5.74, 6) is 0.0346. The van der Waals surface area contributed by atoms with Crippen LogP contribution in [0.3, 0.4) is 0 Å². The first-order chi connectivity index (χ1) is 5.77. The summed E-state index contributed by atoms with van der Waals surface area (Å²) in [6, 6.07) is 0. The summed E-state index contributed by atoms with van der Waals surface area (Å²) in [4.78, 5) is 29.1. The zero-order valence-electron chi connectivity index (χ0n) is 6.95. The molecule has 0 rings (SSSR count). The SMILES string of the molecule is CC(=O)CCOOCOCC=O. The number of ether oxygens (including phenoxy) is 1. The molecule has 5 heteroatoms. The van der Waals surface area contributed by atoms with Crippen LogP contribution in [-0.2, 0) is 24.1 Å². The van der Waals surface area contributed by atoms with Crippen LogP contribution in [0.15, 0.2) is 0 Å². The van der Waals surface area contributed by atoms with Crippen molar-refractivity contribution in [1.82, 2.24) is 0 Å². The van der Waals surface area contributed by atoms with Crippen molar-refractivity contribution in [3.05, 3.63) is 0 Å². The molecule has 0 aromatic heterocycles. The molecule has 12 heavy (non-hydrogen) atoms. The van der Waals surface area contributed by atoms with Crippen molar-refractivity contribution in [3.63, 3.8) is 0 Å². The summed E-state index contributed by atoms with van der Waals surface area (Å²) in [7, 11) is 0. The number of hydrogen-bond acceptors (Lipinski definition) is 5. The van der Waals surface area contributed by atoms with E-state index < -0.39 is 0 Å². The van der Waals surface area contributed by atoms with Gasteiger partial charge in [0.1, 0.15) is 18.7 Å². The fraction of sp³-hybridized carbons (Fsp3) is 0.714. The molecule has 0 heterocycles. The number of carbonyl (C=O) groups is 2. The van der Waals surface area contributed by atoms with Crippen molar-refractivity contribution in [2.45, 2.75) is 13.3 Å². The lowest BCUT2D eigenvalue weighted by Crippen LogP contribution is -2.05. The van der Waals surface area contributed by atoms with Gasteiger partial charge in [0.2, 0.25) is 0 Å². The Kier molecular flexibility index (Phi) is 7.78. The van der Waals surface area contributed by atoms with Crippen molar-refractivity contribution < 1.29 is 24.1 Å². The minimum Gasteiger partial charge on any atom is -0.345 e. The third-order valence-electron chi connectivity index (χ3n) is 0.938. The Hall–Kier alpha value is -0.780. The molecule has 0 aliphatic rings. The lowest BCUT2D eigenvalue weighted by molar-refractivity contribution is -0.334. The number of rotatable bonds is 8. The highest BCUT2D eigenvalue weighted by Gasteiger charge is 1.93. The molecule has 0 atom stereocenters. The van der Waals surface area contributed by atoms with Crippen LogP contribution in [-0.4, -0.2) is 32.1 Å². The Morgan fingerprint density at radius 3 is 2.75 bits per heavy atom. The maximum Gasteiger partial charge on any atom is 0.181 e. The van der Waals surface area contributed by atoms with E-state index in [0.717, 1.165) is 0 Å². The van der Waals surface area contributed by atoms with Gasteiger partial charge in [0, 0.05) is 6.42 Å². The molecule has 0 unspecified atom stereocenters. The van der Waals surface area contributed by atoms with Crippen LogP contribution in [0.1, 0.15) is 13.3 Å². The van der Waals surface area contributed by atoms with E-state index in [2.05, 4.69) is 14.5 Å². The predicted molar refractivity (Wildman–Crippen MR) is 39.2 cm³/mol. The Balaban J connectivity index is 2.90. The minimum atomic E-state index is -0.101. The molecule has 70 valence electrons. The molecule has 0 bridgehead atoms. The second-order valence-corrected chi connectivity index (χ2v) is 2.05. The van der Waals surface area contributed by atoms with E-state index in [0.29, 0.717) is 12.7 Å². The lowest BCUT2D eigenvalue weighted by atomic mass is 10.3. The number of hydrogen-bond donors (Lipinski definition) is 0. The largest absolute Gasteiger partial charge is 0.345 e. The highest BCUT2D eigenvalue weighted by atomic mass is 17.2. The average Bonchev–Trinajstić information content (AvgIpc) is 2.02. The topological polar surface area (TPSA) is 61.8 Å². The van der Waals surface area contributed by atoms with Crippen LogP contribution in [0.25, 0.3) is 0 Å². The maximum atomic E-state index is 10.4. The Bertz CT molecular complexity index is 134. The molecule has 0 spiro atoms. The third kappa shape index (κ3) is 9.22. The van der Waals surface area contributed by atoms with Gasteiger partial charge < -0.3 is 9.53 Å². The monoisotopic (exact) mass is 176 g/mol. The average molecular weight is 176 g/mol. The molecule has 0 aromatic rings. The van der Waals surface area contributed by atoms with Gasteiger partial charge in [0.05, 0.1) is 6.61 Å². The van der Waals surface area contributed by atoms with Crippen LogP contribution >= 0.6 is 0 Å². The maximum absolute atomic E-state index is 10.4. The van der Waals surface area contributed by atoms with E-state index in [-0.39, 0.29) is 25.8 Å². The molecule has 0 saturated carbocycles. The molecule has 0 saturated heterocycles. The van der Waals surface area contributed by atoms with E-state index in [1.54, 1.807) is 0 Å². The van der Waals surface area contributed by atoms with Gasteiger partial charge in [-0.15, -0.1) is 0 Å². The fourth-order valence-electron chi connectivity index (χ4n) is 0.409. The van der Waals surface area contributed by atoms with Gasteiger partial charge in [0.25, 0.3) is 0 Å². The van der Waals surface area contributed by atoms with Gasteiger partial charge in [-0.3, -0.25) is 4.79 Å². The quantitative estimate of drug-likeness (QED) is 0.172. The van der Waals surface area contributed by atoms with Crippen molar-refractivity contribution >= 4 is 12.1 Å². The van der Waals surface area contributed by atoms with Gasteiger partial charge >= 0.3 is 0 Å². The van der Waals surface area contributed by atoms with E-state index >= 15 is 0 Å². The molecular formula is C7H12O5. The summed E-state index contributed by atoms with van der Waals surface area (Å²) in [5, 5.41) is 0. The predicted octanol–water partition coefficient (Wildman–Crippen LogP) is 0.0867. The standard InChI is InChI=1S/C7H12O5/c1-7(9)2-4-11-12-6-10-5-3-8/h3H,2,4-6H2,1H3. The number of ketones is 1. The van der Waals surface area contributed by atoms with Gasteiger partial charge in [-0.1, -0.05) is 0 Å². The number of aldehydes is 1. The molecular weight excluding hydrogens is 164 g/mol. The van der Waals surface area contributed by atoms with E-state index in [9.17, 15) is 9.59 Å². The van der Waals surface area contributed by atoms with Gasteiger partial charge in [-0.05, 0) is 6.92 Å². The Morgan fingerprint density at radius 1 is 1.42 bits per heavy atom. The second kappa shape index (κ2) is 8.32. The molecule has 0 aromatic carbocycles. The molecule has 0 amide bonds. The zero-order valence-corrected chi connectivity index (χ0v) is 6.95. The summed E-state index contributed by atoms with van der Waals surface area (Å²) in [6.45, 7) is 1.55. The Labute approximate surface area is 70.5 Å². The van der Waals surface area contributed by atoms with Crippen LogP contribution in [0.5, 0.6) is 0 Å². The first-order valence-corrected chi connectivity index (χ1v) is 3.52. The van der Waals surface area contributed by atoms with Crippen LogP contribution in [0, 0.1) is 0 Å². The molecule has 5 nitrogen and oxygen atoms in total. The summed E-state index contributed by atoms with van der Waals surface area (Å²) >= 11 is 0. The van der Waals surface area contributed by atoms with Crippen molar-refractivity contribution in [2.24, 2.45) is 0 Å². The smallest absolute Gasteiger partial charge is 0.181 e. The molecule has 0 N–H and O–H groups in total. The van der Waals surface area contributed by atoms with E-state index in [1.165, 1.54) is 6.92 Å². The highest BCUT2D eigenvalue weighted by Crippen LogP contribution is 1.85. The van der Waals surface area contributed by atoms with Gasteiger partial charge in [-0.2, -0.15) is 0 Å². The first kappa shape index (κ1) is 11.2. The Morgan fingerprint density at radius 2 is 2.17 bits per heavy atom. The second-order valence-electron chi connectivity index (χ2n) is 2.05. The van der Waals surface area contributed by atoms with Crippen LogP contribution in [0.4, 0.5) is 0 Å². The minimum absolute atomic E-state index is 0.0178. The number of carbonyl (C=O) groups excluding carboxylic acids is 2. The van der Waals surface area contributed by atoms with Crippen molar-refractivity contribution in [2.75, 3.05) is 20.0 Å². The number of Topliss-reactive ketones (excluding diaryl/α,β-unsaturated/α-hetero) is 1. The zero-order chi connectivity index (χ0) is 9.23. The van der Waals surface area contributed by atoms with Gasteiger partial charge in [-0.25, -0.2) is 9.78 Å². The fourth-order valence-corrected chi connectivity index (χ4v) is 0.409. The van der Waals surface area contributed by atoms with E-state index in [1.807, 2.05) is 0 Å². The normalized spacial score (nSPS) is 9.75. The van der Waals surface area contributed by atoms with Crippen LogP contribution < -0.4 is 0 Å². The lowest BCUT2D eigenvalue weighted by Gasteiger charge is -2.01. The van der Waals surface area contributed by atoms with Crippen LogP contribution in [0.2, 0.25) is 0 Å². The molecule has 0 radical (unpaired) electrons. The van der Waals surface area contributed by atoms with Crippen molar-refractivity contribution in [3.8, 4) is 0 Å². The molecule has 0 aliphatic heterocycles. The van der Waals surface area contributed by atoms with Crippen molar-refractivity contribution in [1.29, 1.82) is 0 Å². The summed E-state index contributed by atoms with van der Waals surface area (Å²) in [5.41, 5.74) is 0. The first-order valence-electron chi connectivity index (χ1n) is 3.52. The third-order valence-corrected chi connectivity index (χ3v) is 0.938. The van der Waals surface area contributed by atoms with Gasteiger partial charge in [0.15, 0.2) is 6.79 Å². The summed E-state index contributed by atoms with van der Waals surface area (Å²) in [6.07, 6.45) is 0.923.